The summed E-state index contributed by atoms with van der Waals surface area (Å²) in [5.74, 6) is 1.44. The smallest absolute Gasteiger partial charge is 0.139 e. The molecule has 150 valence electrons. The number of hydrogen-bond donors (Lipinski definition) is 2. The molecule has 2 aromatic carbocycles. The molecule has 2 aliphatic heterocycles. The number of amidine groups is 1. The summed E-state index contributed by atoms with van der Waals surface area (Å²) in [5.41, 5.74) is 3.36. The summed E-state index contributed by atoms with van der Waals surface area (Å²) in [7, 11) is 2.18. The summed E-state index contributed by atoms with van der Waals surface area (Å²) in [6, 6.07) is 19.3. The van der Waals surface area contributed by atoms with Gasteiger partial charge >= 0.3 is 0 Å². The number of hydrogen-bond acceptors (Lipinski definition) is 6. The van der Waals surface area contributed by atoms with Crippen molar-refractivity contribution in [1.29, 1.82) is 0 Å². The fourth-order valence-electron chi connectivity index (χ4n) is 3.43. The van der Waals surface area contributed by atoms with Crippen molar-refractivity contribution in [3.63, 3.8) is 0 Å². The second kappa shape index (κ2) is 8.68. The molecule has 29 heavy (non-hydrogen) atoms. The summed E-state index contributed by atoms with van der Waals surface area (Å²) in [6.45, 7) is 6.41. The van der Waals surface area contributed by atoms with E-state index in [1.165, 1.54) is 15.4 Å². The number of phenols is 1. The van der Waals surface area contributed by atoms with Crippen LogP contribution in [0.4, 0.5) is 16.4 Å². The third-order valence-electron chi connectivity index (χ3n) is 5.03. The molecule has 0 amide bonds. The Morgan fingerprint density at radius 2 is 1.66 bits per heavy atom. The van der Waals surface area contributed by atoms with Gasteiger partial charge in [0, 0.05) is 31.1 Å². The number of likely N-dealkylation sites (N-methyl/N-ethyl adjacent to an activating group) is 1. The number of aliphatic imine (C=N–C) groups is 1. The SMILES string of the molecule is Cc1cc2c(s1)Nc1ccccc1N=C2N1CCN(C)CC1.Oc1ccccc1. The number of para-hydroxylation sites is 3. The largest absolute Gasteiger partial charge is 0.508 e. The van der Waals surface area contributed by atoms with E-state index in [2.05, 4.69) is 59.4 Å². The molecular formula is C23H26N4OS. The Morgan fingerprint density at radius 3 is 2.34 bits per heavy atom. The number of aryl methyl sites for hydroxylation is 1. The molecular weight excluding hydrogens is 380 g/mol. The Hall–Kier alpha value is -2.83. The predicted molar refractivity (Wildman–Crippen MR) is 122 cm³/mol. The molecule has 0 aliphatic carbocycles. The first-order valence-corrected chi connectivity index (χ1v) is 10.6. The Bertz CT molecular complexity index is 991. The molecule has 3 heterocycles. The first-order chi connectivity index (χ1) is 14.1. The Kier molecular flexibility index (Phi) is 5.83. The standard InChI is InChI=1S/C17H20N4S.C6H6O/c1-12-11-13-16(21-9-7-20(2)8-10-21)18-14-5-3-4-6-15(14)19-17(13)22-12;7-6-4-2-1-3-5-6/h3-6,11,19H,7-10H2,1-2H3;1-5,7H. The zero-order chi connectivity index (χ0) is 20.2. The summed E-state index contributed by atoms with van der Waals surface area (Å²) in [5, 5.41) is 13.4. The van der Waals surface area contributed by atoms with Crippen molar-refractivity contribution in [3.05, 3.63) is 71.1 Å². The molecule has 0 unspecified atom stereocenters. The lowest BCUT2D eigenvalue weighted by Crippen LogP contribution is -2.47. The van der Waals surface area contributed by atoms with Crippen LogP contribution in [0.15, 0.2) is 65.7 Å². The highest BCUT2D eigenvalue weighted by molar-refractivity contribution is 7.16. The number of rotatable bonds is 0. The number of fused-ring (bicyclic) bond motifs is 2. The molecule has 5 rings (SSSR count). The van der Waals surface area contributed by atoms with Gasteiger partial charge in [-0.3, -0.25) is 0 Å². The van der Waals surface area contributed by atoms with E-state index in [1.54, 1.807) is 35.6 Å². The summed E-state index contributed by atoms with van der Waals surface area (Å²) < 4.78 is 0. The van der Waals surface area contributed by atoms with E-state index in [-0.39, 0.29) is 0 Å². The third-order valence-corrected chi connectivity index (χ3v) is 6.00. The van der Waals surface area contributed by atoms with Gasteiger partial charge in [-0.2, -0.15) is 0 Å². The number of nitrogens with zero attached hydrogens (tertiary/aromatic N) is 3. The molecule has 2 aliphatic rings. The number of aromatic hydroxyl groups is 1. The Morgan fingerprint density at radius 1 is 0.966 bits per heavy atom. The van der Waals surface area contributed by atoms with Gasteiger partial charge in [-0.15, -0.1) is 11.3 Å². The minimum atomic E-state index is 0.322. The van der Waals surface area contributed by atoms with E-state index in [0.717, 1.165) is 43.4 Å². The second-order valence-corrected chi connectivity index (χ2v) is 8.56. The van der Waals surface area contributed by atoms with Gasteiger partial charge in [-0.1, -0.05) is 30.3 Å². The molecule has 2 N–H and O–H groups in total. The topological polar surface area (TPSA) is 51.1 Å². The first kappa shape index (κ1) is 19.5. The van der Waals surface area contributed by atoms with E-state index < -0.39 is 0 Å². The van der Waals surface area contributed by atoms with E-state index >= 15 is 0 Å². The molecule has 6 heteroatoms. The van der Waals surface area contributed by atoms with Crippen molar-refractivity contribution in [3.8, 4) is 5.75 Å². The van der Waals surface area contributed by atoms with Gasteiger partial charge in [-0.25, -0.2) is 4.99 Å². The maximum Gasteiger partial charge on any atom is 0.139 e. The van der Waals surface area contributed by atoms with Crippen molar-refractivity contribution >= 4 is 33.5 Å². The molecule has 0 saturated carbocycles. The molecule has 0 radical (unpaired) electrons. The van der Waals surface area contributed by atoms with Crippen molar-refractivity contribution in [2.45, 2.75) is 6.92 Å². The molecule has 3 aromatic rings. The summed E-state index contributed by atoms with van der Waals surface area (Å²) >= 11 is 1.81. The highest BCUT2D eigenvalue weighted by atomic mass is 32.1. The molecule has 0 bridgehead atoms. The Balaban J connectivity index is 0.000000249. The second-order valence-electron chi connectivity index (χ2n) is 7.30. The van der Waals surface area contributed by atoms with Gasteiger partial charge in [0.05, 0.1) is 16.9 Å². The molecule has 1 fully saturated rings. The van der Waals surface area contributed by atoms with E-state index in [4.69, 9.17) is 10.1 Å². The van der Waals surface area contributed by atoms with E-state index in [1.807, 2.05) is 6.07 Å². The van der Waals surface area contributed by atoms with Crippen LogP contribution in [0.5, 0.6) is 5.75 Å². The molecule has 1 aromatic heterocycles. The summed E-state index contributed by atoms with van der Waals surface area (Å²) in [6.07, 6.45) is 0. The normalized spacial score (nSPS) is 15.8. The molecule has 0 atom stereocenters. The van der Waals surface area contributed by atoms with Crippen LogP contribution >= 0.6 is 11.3 Å². The van der Waals surface area contributed by atoms with Crippen LogP contribution in [0, 0.1) is 6.92 Å². The summed E-state index contributed by atoms with van der Waals surface area (Å²) in [4.78, 5) is 11.1. The lowest BCUT2D eigenvalue weighted by atomic mass is 10.2. The van der Waals surface area contributed by atoms with Crippen LogP contribution in [-0.2, 0) is 0 Å². The van der Waals surface area contributed by atoms with Crippen molar-refractivity contribution in [2.75, 3.05) is 38.5 Å². The molecule has 5 nitrogen and oxygen atoms in total. The van der Waals surface area contributed by atoms with Crippen molar-refractivity contribution in [2.24, 2.45) is 4.99 Å². The first-order valence-electron chi connectivity index (χ1n) is 9.83. The van der Waals surface area contributed by atoms with Gasteiger partial charge in [0.2, 0.25) is 0 Å². The van der Waals surface area contributed by atoms with Gasteiger partial charge in [-0.05, 0) is 44.3 Å². The van der Waals surface area contributed by atoms with Crippen LogP contribution in [0.25, 0.3) is 0 Å². The number of benzene rings is 2. The molecule has 1 saturated heterocycles. The van der Waals surface area contributed by atoms with E-state index in [0.29, 0.717) is 5.75 Å². The lowest BCUT2D eigenvalue weighted by molar-refractivity contribution is 0.216. The quantitative estimate of drug-likeness (QED) is 0.561. The maximum absolute atomic E-state index is 8.63. The highest BCUT2D eigenvalue weighted by Crippen LogP contribution is 2.39. The Labute approximate surface area is 175 Å². The number of phenolic OH excluding ortho intramolecular Hbond substituents is 1. The van der Waals surface area contributed by atoms with Crippen LogP contribution in [0.1, 0.15) is 10.4 Å². The van der Waals surface area contributed by atoms with Crippen molar-refractivity contribution < 1.29 is 5.11 Å². The monoisotopic (exact) mass is 406 g/mol. The maximum atomic E-state index is 8.63. The molecule has 0 spiro atoms. The van der Waals surface area contributed by atoms with Gasteiger partial charge in [0.15, 0.2) is 0 Å². The van der Waals surface area contributed by atoms with Crippen LogP contribution in [0.2, 0.25) is 0 Å². The highest BCUT2D eigenvalue weighted by Gasteiger charge is 2.25. The van der Waals surface area contributed by atoms with Crippen LogP contribution in [0.3, 0.4) is 0 Å². The number of anilines is 2. The van der Waals surface area contributed by atoms with Gasteiger partial charge in [0.25, 0.3) is 0 Å². The average Bonchev–Trinajstić information content (AvgIpc) is 3.01. The fourth-order valence-corrected chi connectivity index (χ4v) is 4.35. The third kappa shape index (κ3) is 4.60. The number of nitrogens with one attached hydrogen (secondary N) is 1. The zero-order valence-corrected chi connectivity index (χ0v) is 17.6. The van der Waals surface area contributed by atoms with Crippen LogP contribution in [-0.4, -0.2) is 54.0 Å². The zero-order valence-electron chi connectivity index (χ0n) is 16.8. The minimum Gasteiger partial charge on any atom is -0.508 e. The number of thiophene rings is 1. The fraction of sp³-hybridized carbons (Fsp3) is 0.261. The number of piperazine rings is 1. The van der Waals surface area contributed by atoms with Gasteiger partial charge < -0.3 is 20.2 Å². The minimum absolute atomic E-state index is 0.322. The average molecular weight is 407 g/mol. The van der Waals surface area contributed by atoms with Gasteiger partial charge in [0.1, 0.15) is 16.6 Å². The van der Waals surface area contributed by atoms with E-state index in [9.17, 15) is 0 Å². The lowest BCUT2D eigenvalue weighted by Gasteiger charge is -2.34. The van der Waals surface area contributed by atoms with Crippen LogP contribution < -0.4 is 5.32 Å². The predicted octanol–water partition coefficient (Wildman–Crippen LogP) is 4.83. The van der Waals surface area contributed by atoms with Crippen molar-refractivity contribution in [1.82, 2.24) is 9.80 Å².